The molecule has 0 fully saturated rings. The number of aromatic nitrogens is 1. The number of aryl methyl sites for hydroxylation is 2. The average Bonchev–Trinajstić information content (AvgIpc) is 2.22. The fourth-order valence-electron chi connectivity index (χ4n) is 1.54. The SMILES string of the molecule is Cc1cccc(-c2ccc(N)c(C)n2)c1. The second kappa shape index (κ2) is 3.73. The summed E-state index contributed by atoms with van der Waals surface area (Å²) in [6, 6.07) is 12.2. The van der Waals surface area contributed by atoms with Gasteiger partial charge in [0.25, 0.3) is 0 Å². The van der Waals surface area contributed by atoms with Crippen molar-refractivity contribution in [3.63, 3.8) is 0 Å². The number of anilines is 1. The number of nitrogen functional groups attached to an aromatic ring is 1. The Bertz CT molecular complexity index is 490. The van der Waals surface area contributed by atoms with Crippen molar-refractivity contribution in [2.75, 3.05) is 5.73 Å². The van der Waals surface area contributed by atoms with E-state index in [2.05, 4.69) is 30.1 Å². The molecular weight excluding hydrogens is 184 g/mol. The van der Waals surface area contributed by atoms with Crippen LogP contribution in [-0.2, 0) is 0 Å². The molecule has 0 radical (unpaired) electrons. The lowest BCUT2D eigenvalue weighted by atomic mass is 10.1. The van der Waals surface area contributed by atoms with Crippen LogP contribution in [0.5, 0.6) is 0 Å². The Balaban J connectivity index is 2.50. The van der Waals surface area contributed by atoms with Gasteiger partial charge in [-0.1, -0.05) is 23.8 Å². The fourth-order valence-corrected chi connectivity index (χ4v) is 1.54. The van der Waals surface area contributed by atoms with Crippen molar-refractivity contribution in [1.29, 1.82) is 0 Å². The molecule has 76 valence electrons. The summed E-state index contributed by atoms with van der Waals surface area (Å²) in [5.74, 6) is 0. The maximum Gasteiger partial charge on any atom is 0.0706 e. The van der Waals surface area contributed by atoms with Crippen LogP contribution in [0.25, 0.3) is 11.3 Å². The molecule has 0 aliphatic carbocycles. The fraction of sp³-hybridized carbons (Fsp3) is 0.154. The van der Waals surface area contributed by atoms with Crippen LogP contribution in [0.2, 0.25) is 0 Å². The van der Waals surface area contributed by atoms with Crippen LogP contribution in [0.15, 0.2) is 36.4 Å². The van der Waals surface area contributed by atoms with E-state index in [9.17, 15) is 0 Å². The molecule has 15 heavy (non-hydrogen) atoms. The number of nitrogens with zero attached hydrogens (tertiary/aromatic N) is 1. The van der Waals surface area contributed by atoms with Crippen molar-refractivity contribution in [3.05, 3.63) is 47.7 Å². The molecule has 0 bridgehead atoms. The Labute approximate surface area is 89.8 Å². The van der Waals surface area contributed by atoms with Crippen LogP contribution in [0.1, 0.15) is 11.3 Å². The average molecular weight is 198 g/mol. The molecule has 2 N–H and O–H groups in total. The molecule has 2 nitrogen and oxygen atoms in total. The van der Waals surface area contributed by atoms with E-state index in [-0.39, 0.29) is 0 Å². The molecule has 2 heteroatoms. The maximum atomic E-state index is 5.73. The number of hydrogen-bond donors (Lipinski definition) is 1. The molecule has 1 aromatic heterocycles. The van der Waals surface area contributed by atoms with Gasteiger partial charge in [0.2, 0.25) is 0 Å². The van der Waals surface area contributed by atoms with Crippen molar-refractivity contribution < 1.29 is 0 Å². The molecule has 0 amide bonds. The zero-order valence-corrected chi connectivity index (χ0v) is 8.99. The van der Waals surface area contributed by atoms with Crippen molar-refractivity contribution >= 4 is 5.69 Å². The summed E-state index contributed by atoms with van der Waals surface area (Å²) >= 11 is 0. The Kier molecular flexibility index (Phi) is 2.42. The van der Waals surface area contributed by atoms with Gasteiger partial charge in [-0.25, -0.2) is 0 Å². The van der Waals surface area contributed by atoms with E-state index in [1.807, 2.05) is 25.1 Å². The summed E-state index contributed by atoms with van der Waals surface area (Å²) in [5, 5.41) is 0. The highest BCUT2D eigenvalue weighted by Crippen LogP contribution is 2.20. The number of rotatable bonds is 1. The van der Waals surface area contributed by atoms with Gasteiger partial charge in [0, 0.05) is 5.56 Å². The van der Waals surface area contributed by atoms with Gasteiger partial charge in [-0.2, -0.15) is 0 Å². The molecule has 1 aromatic carbocycles. The second-order valence-electron chi connectivity index (χ2n) is 3.74. The van der Waals surface area contributed by atoms with Crippen LogP contribution in [0, 0.1) is 13.8 Å². The van der Waals surface area contributed by atoms with Gasteiger partial charge in [0.15, 0.2) is 0 Å². The highest BCUT2D eigenvalue weighted by Gasteiger charge is 2.01. The zero-order chi connectivity index (χ0) is 10.8. The first-order valence-corrected chi connectivity index (χ1v) is 4.97. The molecule has 0 aliphatic rings. The van der Waals surface area contributed by atoms with Crippen molar-refractivity contribution in [1.82, 2.24) is 4.98 Å². The first-order valence-electron chi connectivity index (χ1n) is 4.97. The van der Waals surface area contributed by atoms with Crippen molar-refractivity contribution in [3.8, 4) is 11.3 Å². The molecule has 0 unspecified atom stereocenters. The Hall–Kier alpha value is -1.83. The van der Waals surface area contributed by atoms with E-state index in [0.717, 1.165) is 22.6 Å². The Morgan fingerprint density at radius 1 is 1.07 bits per heavy atom. The molecule has 2 aromatic rings. The highest BCUT2D eigenvalue weighted by atomic mass is 14.7. The number of benzene rings is 1. The molecule has 0 spiro atoms. The van der Waals surface area contributed by atoms with Gasteiger partial charge in [0.05, 0.1) is 17.1 Å². The van der Waals surface area contributed by atoms with Crippen LogP contribution in [0.4, 0.5) is 5.69 Å². The molecule has 1 heterocycles. The second-order valence-corrected chi connectivity index (χ2v) is 3.74. The third-order valence-electron chi connectivity index (χ3n) is 2.44. The van der Waals surface area contributed by atoms with Gasteiger partial charge in [-0.3, -0.25) is 4.98 Å². The van der Waals surface area contributed by atoms with E-state index in [4.69, 9.17) is 5.73 Å². The van der Waals surface area contributed by atoms with Crippen LogP contribution >= 0.6 is 0 Å². The molecule has 0 saturated carbocycles. The van der Waals surface area contributed by atoms with Gasteiger partial charge in [-0.05, 0) is 32.0 Å². The lowest BCUT2D eigenvalue weighted by Gasteiger charge is -2.05. The van der Waals surface area contributed by atoms with Crippen LogP contribution in [0.3, 0.4) is 0 Å². The van der Waals surface area contributed by atoms with Crippen LogP contribution < -0.4 is 5.73 Å². The molecule has 0 aliphatic heterocycles. The zero-order valence-electron chi connectivity index (χ0n) is 8.99. The summed E-state index contributed by atoms with van der Waals surface area (Å²) in [6.45, 7) is 4.00. The Morgan fingerprint density at radius 2 is 1.87 bits per heavy atom. The van der Waals surface area contributed by atoms with E-state index >= 15 is 0 Å². The minimum Gasteiger partial charge on any atom is -0.397 e. The summed E-state index contributed by atoms with van der Waals surface area (Å²) in [4.78, 5) is 4.46. The lowest BCUT2D eigenvalue weighted by Crippen LogP contribution is -1.94. The van der Waals surface area contributed by atoms with E-state index < -0.39 is 0 Å². The monoisotopic (exact) mass is 198 g/mol. The number of nitrogens with two attached hydrogens (primary N) is 1. The third kappa shape index (κ3) is 1.99. The van der Waals surface area contributed by atoms with E-state index in [1.165, 1.54) is 5.56 Å². The summed E-state index contributed by atoms with van der Waals surface area (Å²) in [6.07, 6.45) is 0. The normalized spacial score (nSPS) is 10.3. The topological polar surface area (TPSA) is 38.9 Å². The standard InChI is InChI=1S/C13H14N2/c1-9-4-3-5-11(8-9)13-7-6-12(14)10(2)15-13/h3-8H,14H2,1-2H3. The number of pyridine rings is 1. The molecular formula is C13H14N2. The third-order valence-corrected chi connectivity index (χ3v) is 2.44. The Morgan fingerprint density at radius 3 is 2.53 bits per heavy atom. The smallest absolute Gasteiger partial charge is 0.0706 e. The molecule has 2 rings (SSSR count). The van der Waals surface area contributed by atoms with Crippen molar-refractivity contribution in [2.24, 2.45) is 0 Å². The van der Waals surface area contributed by atoms with Crippen LogP contribution in [-0.4, -0.2) is 4.98 Å². The van der Waals surface area contributed by atoms with Gasteiger partial charge in [-0.15, -0.1) is 0 Å². The predicted molar refractivity (Wildman–Crippen MR) is 63.6 cm³/mol. The first-order chi connectivity index (χ1) is 7.16. The molecule has 0 saturated heterocycles. The lowest BCUT2D eigenvalue weighted by molar-refractivity contribution is 1.21. The van der Waals surface area contributed by atoms with E-state index in [0.29, 0.717) is 0 Å². The minimum absolute atomic E-state index is 0.742. The predicted octanol–water partition coefficient (Wildman–Crippen LogP) is 2.95. The van der Waals surface area contributed by atoms with Gasteiger partial charge < -0.3 is 5.73 Å². The van der Waals surface area contributed by atoms with Crippen molar-refractivity contribution in [2.45, 2.75) is 13.8 Å². The molecule has 0 atom stereocenters. The largest absolute Gasteiger partial charge is 0.397 e. The number of hydrogen-bond acceptors (Lipinski definition) is 2. The first kappa shape index (κ1) is 9.71. The van der Waals surface area contributed by atoms with E-state index in [1.54, 1.807) is 0 Å². The van der Waals surface area contributed by atoms with Gasteiger partial charge >= 0.3 is 0 Å². The minimum atomic E-state index is 0.742. The highest BCUT2D eigenvalue weighted by molar-refractivity contribution is 5.62. The maximum absolute atomic E-state index is 5.73. The summed E-state index contributed by atoms with van der Waals surface area (Å²) in [7, 11) is 0. The summed E-state index contributed by atoms with van der Waals surface area (Å²) in [5.41, 5.74) is 10.7. The van der Waals surface area contributed by atoms with Gasteiger partial charge in [0.1, 0.15) is 0 Å². The quantitative estimate of drug-likeness (QED) is 0.765. The summed E-state index contributed by atoms with van der Waals surface area (Å²) < 4.78 is 0.